The molecule has 1 aromatic carbocycles. The number of hydrogen-bond acceptors (Lipinski definition) is 3. The standard InChI is InChI=1S/C17H25NO3/c1-3-13-9-10-18(15(11-13)17(19)20)12-14-7-5-6-8-16(14)21-4-2/h5-8,13,15H,3-4,9-12H2,1-2H3,(H,19,20). The Labute approximate surface area is 126 Å². The lowest BCUT2D eigenvalue weighted by molar-refractivity contribution is -0.145. The van der Waals surface area contributed by atoms with E-state index in [1.807, 2.05) is 31.2 Å². The van der Waals surface area contributed by atoms with E-state index in [-0.39, 0.29) is 6.04 Å². The predicted molar refractivity (Wildman–Crippen MR) is 82.5 cm³/mol. The summed E-state index contributed by atoms with van der Waals surface area (Å²) in [6, 6.07) is 7.53. The number of carboxylic acid groups (broad SMARTS) is 1. The first-order valence-electron chi connectivity index (χ1n) is 7.83. The van der Waals surface area contributed by atoms with Gasteiger partial charge in [-0.05, 0) is 38.3 Å². The number of rotatable bonds is 6. The van der Waals surface area contributed by atoms with E-state index in [9.17, 15) is 9.90 Å². The van der Waals surface area contributed by atoms with Crippen molar-refractivity contribution in [1.82, 2.24) is 4.90 Å². The van der Waals surface area contributed by atoms with Crippen molar-refractivity contribution in [1.29, 1.82) is 0 Å². The van der Waals surface area contributed by atoms with Gasteiger partial charge in [0, 0.05) is 12.1 Å². The van der Waals surface area contributed by atoms with Crippen molar-refractivity contribution in [2.75, 3.05) is 13.2 Å². The maximum Gasteiger partial charge on any atom is 0.320 e. The molecule has 4 heteroatoms. The molecule has 1 heterocycles. The molecule has 2 rings (SSSR count). The number of aliphatic carboxylic acids is 1. The van der Waals surface area contributed by atoms with E-state index in [4.69, 9.17) is 4.74 Å². The molecule has 21 heavy (non-hydrogen) atoms. The Kier molecular flexibility index (Phi) is 5.62. The van der Waals surface area contributed by atoms with Crippen LogP contribution in [0.15, 0.2) is 24.3 Å². The molecule has 0 saturated carbocycles. The molecule has 2 unspecified atom stereocenters. The summed E-state index contributed by atoms with van der Waals surface area (Å²) in [6.45, 7) is 6.21. The zero-order valence-corrected chi connectivity index (χ0v) is 12.9. The molecule has 1 fully saturated rings. The van der Waals surface area contributed by atoms with Crippen LogP contribution in [0.4, 0.5) is 0 Å². The van der Waals surface area contributed by atoms with Crippen molar-refractivity contribution in [2.45, 2.75) is 45.7 Å². The van der Waals surface area contributed by atoms with E-state index in [2.05, 4.69) is 11.8 Å². The van der Waals surface area contributed by atoms with Crippen LogP contribution in [-0.2, 0) is 11.3 Å². The molecule has 0 aliphatic carbocycles. The number of ether oxygens (including phenoxy) is 1. The number of carboxylic acids is 1. The summed E-state index contributed by atoms with van der Waals surface area (Å²) in [7, 11) is 0. The van der Waals surface area contributed by atoms with Crippen molar-refractivity contribution in [3.8, 4) is 5.75 Å². The number of carbonyl (C=O) groups is 1. The minimum absolute atomic E-state index is 0.376. The molecular weight excluding hydrogens is 266 g/mol. The highest BCUT2D eigenvalue weighted by atomic mass is 16.5. The van der Waals surface area contributed by atoms with Gasteiger partial charge in [-0.2, -0.15) is 0 Å². The van der Waals surface area contributed by atoms with Crippen LogP contribution in [0.5, 0.6) is 5.75 Å². The summed E-state index contributed by atoms with van der Waals surface area (Å²) in [5.74, 6) is 0.688. The number of para-hydroxylation sites is 1. The third kappa shape index (κ3) is 3.97. The molecule has 0 spiro atoms. The Balaban J connectivity index is 2.12. The number of piperidine rings is 1. The average molecular weight is 291 g/mol. The van der Waals surface area contributed by atoms with Gasteiger partial charge in [-0.3, -0.25) is 9.69 Å². The van der Waals surface area contributed by atoms with Crippen molar-refractivity contribution in [3.63, 3.8) is 0 Å². The Bertz CT molecular complexity index is 475. The molecular formula is C17H25NO3. The highest BCUT2D eigenvalue weighted by molar-refractivity contribution is 5.73. The molecule has 1 N–H and O–H groups in total. The Morgan fingerprint density at radius 1 is 1.38 bits per heavy atom. The fourth-order valence-electron chi connectivity index (χ4n) is 3.05. The Morgan fingerprint density at radius 2 is 2.14 bits per heavy atom. The lowest BCUT2D eigenvalue weighted by Gasteiger charge is -2.37. The predicted octanol–water partition coefficient (Wildman–Crippen LogP) is 3.16. The second kappa shape index (κ2) is 7.46. The van der Waals surface area contributed by atoms with Gasteiger partial charge in [0.05, 0.1) is 6.61 Å². The highest BCUT2D eigenvalue weighted by Crippen LogP contribution is 2.29. The van der Waals surface area contributed by atoms with Gasteiger partial charge >= 0.3 is 5.97 Å². The monoisotopic (exact) mass is 291 g/mol. The summed E-state index contributed by atoms with van der Waals surface area (Å²) in [5.41, 5.74) is 1.07. The van der Waals surface area contributed by atoms with Crippen molar-refractivity contribution in [2.24, 2.45) is 5.92 Å². The Hall–Kier alpha value is -1.55. The van der Waals surface area contributed by atoms with Gasteiger partial charge in [0.2, 0.25) is 0 Å². The Morgan fingerprint density at radius 3 is 2.81 bits per heavy atom. The molecule has 0 radical (unpaired) electrons. The second-order valence-corrected chi connectivity index (χ2v) is 5.66. The van der Waals surface area contributed by atoms with Crippen LogP contribution in [-0.4, -0.2) is 35.2 Å². The zero-order valence-electron chi connectivity index (χ0n) is 12.9. The summed E-state index contributed by atoms with van der Waals surface area (Å²) < 4.78 is 5.64. The molecule has 1 saturated heterocycles. The largest absolute Gasteiger partial charge is 0.494 e. The van der Waals surface area contributed by atoms with Crippen LogP contribution >= 0.6 is 0 Å². The van der Waals surface area contributed by atoms with E-state index in [1.54, 1.807) is 0 Å². The zero-order chi connectivity index (χ0) is 15.2. The first-order valence-corrected chi connectivity index (χ1v) is 7.83. The van der Waals surface area contributed by atoms with Crippen LogP contribution in [0, 0.1) is 5.92 Å². The smallest absolute Gasteiger partial charge is 0.320 e. The van der Waals surface area contributed by atoms with E-state index < -0.39 is 5.97 Å². The van der Waals surface area contributed by atoms with Gasteiger partial charge in [-0.15, -0.1) is 0 Å². The van der Waals surface area contributed by atoms with Crippen LogP contribution in [0.3, 0.4) is 0 Å². The highest BCUT2D eigenvalue weighted by Gasteiger charge is 2.32. The van der Waals surface area contributed by atoms with E-state index in [0.717, 1.165) is 37.1 Å². The topological polar surface area (TPSA) is 49.8 Å². The summed E-state index contributed by atoms with van der Waals surface area (Å²) >= 11 is 0. The van der Waals surface area contributed by atoms with Gasteiger partial charge in [-0.1, -0.05) is 31.5 Å². The lowest BCUT2D eigenvalue weighted by atomic mass is 9.88. The summed E-state index contributed by atoms with van der Waals surface area (Å²) in [6.07, 6.45) is 2.90. The molecule has 4 nitrogen and oxygen atoms in total. The molecule has 1 aromatic rings. The van der Waals surface area contributed by atoms with Gasteiger partial charge in [0.1, 0.15) is 11.8 Å². The second-order valence-electron chi connectivity index (χ2n) is 5.66. The van der Waals surface area contributed by atoms with Crippen LogP contribution < -0.4 is 4.74 Å². The fourth-order valence-corrected chi connectivity index (χ4v) is 3.05. The normalized spacial score (nSPS) is 23.0. The quantitative estimate of drug-likeness (QED) is 0.874. The van der Waals surface area contributed by atoms with E-state index >= 15 is 0 Å². The van der Waals surface area contributed by atoms with Crippen LogP contribution in [0.2, 0.25) is 0 Å². The van der Waals surface area contributed by atoms with Crippen LogP contribution in [0.1, 0.15) is 38.7 Å². The molecule has 1 aliphatic rings. The SMILES string of the molecule is CCOc1ccccc1CN1CCC(CC)CC1C(=O)O. The third-order valence-corrected chi connectivity index (χ3v) is 4.33. The molecule has 1 aliphatic heterocycles. The number of nitrogens with zero attached hydrogens (tertiary/aromatic N) is 1. The molecule has 116 valence electrons. The summed E-state index contributed by atoms with van der Waals surface area (Å²) in [5, 5.41) is 9.50. The van der Waals surface area contributed by atoms with E-state index in [0.29, 0.717) is 19.1 Å². The lowest BCUT2D eigenvalue weighted by Crippen LogP contribution is -2.46. The summed E-state index contributed by atoms with van der Waals surface area (Å²) in [4.78, 5) is 13.6. The number of benzene rings is 1. The van der Waals surface area contributed by atoms with Crippen molar-refractivity contribution >= 4 is 5.97 Å². The van der Waals surface area contributed by atoms with Gasteiger partial charge in [0.25, 0.3) is 0 Å². The van der Waals surface area contributed by atoms with E-state index in [1.165, 1.54) is 0 Å². The average Bonchev–Trinajstić information content (AvgIpc) is 2.49. The van der Waals surface area contributed by atoms with Crippen LogP contribution in [0.25, 0.3) is 0 Å². The van der Waals surface area contributed by atoms with Gasteiger partial charge in [0.15, 0.2) is 0 Å². The molecule has 0 amide bonds. The minimum atomic E-state index is -0.706. The molecule has 2 atom stereocenters. The third-order valence-electron chi connectivity index (χ3n) is 4.33. The van der Waals surface area contributed by atoms with Crippen molar-refractivity contribution in [3.05, 3.63) is 29.8 Å². The first-order chi connectivity index (χ1) is 10.2. The maximum absolute atomic E-state index is 11.6. The molecule has 0 aromatic heterocycles. The minimum Gasteiger partial charge on any atom is -0.494 e. The van der Waals surface area contributed by atoms with Crippen molar-refractivity contribution < 1.29 is 14.6 Å². The maximum atomic E-state index is 11.6. The van der Waals surface area contributed by atoms with Gasteiger partial charge < -0.3 is 9.84 Å². The number of hydrogen-bond donors (Lipinski definition) is 1. The molecule has 0 bridgehead atoms. The fraction of sp³-hybridized carbons (Fsp3) is 0.588. The van der Waals surface area contributed by atoms with Gasteiger partial charge in [-0.25, -0.2) is 0 Å². The first kappa shape index (κ1) is 15.8. The number of likely N-dealkylation sites (tertiary alicyclic amines) is 1.